The third kappa shape index (κ3) is 1.72. The van der Waals surface area contributed by atoms with Gasteiger partial charge in [-0.05, 0) is 5.04 Å². The first-order valence-electron chi connectivity index (χ1n) is 5.34. The summed E-state index contributed by atoms with van der Waals surface area (Å²) in [5, 5.41) is 9.32. The maximum Gasteiger partial charge on any atom is 0.234 e. The molecule has 0 radical (unpaired) electrons. The van der Waals surface area contributed by atoms with E-state index >= 15 is 0 Å². The maximum absolute atomic E-state index is 11.7. The Hall–Kier alpha value is -0.393. The van der Waals surface area contributed by atoms with Gasteiger partial charge in [-0.3, -0.25) is 4.79 Å². The van der Waals surface area contributed by atoms with Gasteiger partial charge in [0.1, 0.15) is 6.04 Å². The van der Waals surface area contributed by atoms with Crippen molar-refractivity contribution in [3.8, 4) is 0 Å². The second-order valence-corrected chi connectivity index (χ2v) is 10.9. The SMILES string of the molecule is CC(C)(C)[Si](C)(C)N1C(=O)[C@H](N)[C@@H]1CO. The van der Waals surface area contributed by atoms with E-state index in [4.69, 9.17) is 5.73 Å². The van der Waals surface area contributed by atoms with Crippen LogP contribution in [0.2, 0.25) is 18.1 Å². The predicted molar refractivity (Wildman–Crippen MR) is 62.9 cm³/mol. The minimum atomic E-state index is -1.87. The molecule has 0 saturated carbocycles. The normalized spacial score (nSPS) is 27.9. The van der Waals surface area contributed by atoms with E-state index in [1.54, 1.807) is 0 Å². The Kier molecular flexibility index (Phi) is 3.02. The standard InChI is InChI=1S/C10H22N2O2Si/c1-10(2,3)15(4,5)12-7(6-13)8(11)9(12)14/h7-8,13H,6,11H2,1-5H3/t7-,8+/m0/s1. The third-order valence-electron chi connectivity index (χ3n) is 3.89. The van der Waals surface area contributed by atoms with E-state index in [0.29, 0.717) is 0 Å². The number of aliphatic hydroxyl groups is 1. The summed E-state index contributed by atoms with van der Waals surface area (Å²) in [5.41, 5.74) is 5.68. The Bertz CT molecular complexity index is 273. The van der Waals surface area contributed by atoms with Crippen molar-refractivity contribution >= 4 is 14.1 Å². The molecular weight excluding hydrogens is 208 g/mol. The first-order chi connectivity index (χ1) is 6.64. The van der Waals surface area contributed by atoms with Gasteiger partial charge in [0.25, 0.3) is 0 Å². The molecule has 0 unspecified atom stereocenters. The molecule has 0 spiro atoms. The molecule has 1 aliphatic heterocycles. The Morgan fingerprint density at radius 2 is 1.93 bits per heavy atom. The quantitative estimate of drug-likeness (QED) is 0.537. The molecule has 88 valence electrons. The van der Waals surface area contributed by atoms with Crippen LogP contribution in [0.4, 0.5) is 0 Å². The molecule has 0 aromatic carbocycles. The Morgan fingerprint density at radius 1 is 1.47 bits per heavy atom. The highest BCUT2D eigenvalue weighted by atomic mass is 28.3. The highest BCUT2D eigenvalue weighted by Crippen LogP contribution is 2.42. The first kappa shape index (κ1) is 12.7. The molecule has 1 heterocycles. The average Bonchev–Trinajstić information content (AvgIpc) is 2.09. The summed E-state index contributed by atoms with van der Waals surface area (Å²) >= 11 is 0. The van der Waals surface area contributed by atoms with Crippen LogP contribution in [-0.4, -0.2) is 42.5 Å². The van der Waals surface area contributed by atoms with Gasteiger partial charge in [-0.2, -0.15) is 0 Å². The summed E-state index contributed by atoms with van der Waals surface area (Å²) in [5.74, 6) is 0.000594. The smallest absolute Gasteiger partial charge is 0.234 e. The number of carbonyl (C=O) groups is 1. The van der Waals surface area contributed by atoms with Crippen LogP contribution in [0.15, 0.2) is 0 Å². The molecule has 15 heavy (non-hydrogen) atoms. The van der Waals surface area contributed by atoms with Gasteiger partial charge in [0.15, 0.2) is 8.24 Å². The van der Waals surface area contributed by atoms with Crippen LogP contribution in [0.1, 0.15) is 20.8 Å². The summed E-state index contributed by atoms with van der Waals surface area (Å²) in [6.07, 6.45) is 0. The van der Waals surface area contributed by atoms with Gasteiger partial charge in [-0.1, -0.05) is 33.9 Å². The largest absolute Gasteiger partial charge is 0.394 e. The molecule has 1 rings (SSSR count). The number of hydrogen-bond acceptors (Lipinski definition) is 3. The number of β-lactam (4-membered cyclic amide) rings is 1. The number of nitrogens with two attached hydrogens (primary N) is 1. The van der Waals surface area contributed by atoms with E-state index in [-0.39, 0.29) is 23.6 Å². The predicted octanol–water partition coefficient (Wildman–Crippen LogP) is 0.522. The van der Waals surface area contributed by atoms with Gasteiger partial charge in [0.05, 0.1) is 12.6 Å². The zero-order valence-electron chi connectivity index (χ0n) is 10.2. The van der Waals surface area contributed by atoms with Gasteiger partial charge in [-0.25, -0.2) is 0 Å². The lowest BCUT2D eigenvalue weighted by molar-refractivity contribution is -0.143. The Morgan fingerprint density at radius 3 is 2.27 bits per heavy atom. The second kappa shape index (κ2) is 3.57. The summed E-state index contributed by atoms with van der Waals surface area (Å²) in [4.78, 5) is 11.7. The molecule has 0 aliphatic carbocycles. The van der Waals surface area contributed by atoms with E-state index < -0.39 is 14.3 Å². The van der Waals surface area contributed by atoms with E-state index in [0.717, 1.165) is 0 Å². The topological polar surface area (TPSA) is 66.6 Å². The number of amides is 1. The van der Waals surface area contributed by atoms with Crippen LogP contribution in [-0.2, 0) is 4.79 Å². The molecule has 1 aliphatic rings. The van der Waals surface area contributed by atoms with E-state index in [1.807, 2.05) is 4.57 Å². The average molecular weight is 230 g/mol. The fraction of sp³-hybridized carbons (Fsp3) is 0.900. The van der Waals surface area contributed by atoms with Crippen molar-refractivity contribution in [3.05, 3.63) is 0 Å². The van der Waals surface area contributed by atoms with Crippen molar-refractivity contribution in [1.29, 1.82) is 0 Å². The van der Waals surface area contributed by atoms with Gasteiger partial charge in [-0.15, -0.1) is 0 Å². The molecule has 1 saturated heterocycles. The summed E-state index contributed by atoms with van der Waals surface area (Å²) < 4.78 is 1.86. The van der Waals surface area contributed by atoms with Crippen molar-refractivity contribution in [2.45, 2.75) is 51.0 Å². The zero-order valence-corrected chi connectivity index (χ0v) is 11.2. The van der Waals surface area contributed by atoms with Crippen LogP contribution < -0.4 is 5.73 Å². The molecule has 1 amide bonds. The van der Waals surface area contributed by atoms with E-state index in [9.17, 15) is 9.90 Å². The van der Waals surface area contributed by atoms with E-state index in [1.165, 1.54) is 0 Å². The van der Waals surface area contributed by atoms with Crippen molar-refractivity contribution in [3.63, 3.8) is 0 Å². The molecule has 5 heteroatoms. The highest BCUT2D eigenvalue weighted by molar-refractivity contribution is 6.80. The van der Waals surface area contributed by atoms with Crippen LogP contribution in [0.3, 0.4) is 0 Å². The fourth-order valence-corrected chi connectivity index (χ4v) is 4.31. The molecule has 0 bridgehead atoms. The monoisotopic (exact) mass is 230 g/mol. The molecular formula is C10H22N2O2Si. The minimum absolute atomic E-state index is 0.000594. The lowest BCUT2D eigenvalue weighted by Crippen LogP contribution is -2.78. The number of aliphatic hydroxyl groups excluding tert-OH is 1. The number of hydrogen-bond donors (Lipinski definition) is 2. The summed E-state index contributed by atoms with van der Waals surface area (Å²) in [6.45, 7) is 10.7. The van der Waals surface area contributed by atoms with Crippen molar-refractivity contribution in [1.82, 2.24) is 4.57 Å². The molecule has 0 aromatic rings. The highest BCUT2D eigenvalue weighted by Gasteiger charge is 2.55. The minimum Gasteiger partial charge on any atom is -0.394 e. The van der Waals surface area contributed by atoms with Crippen LogP contribution in [0, 0.1) is 0 Å². The van der Waals surface area contributed by atoms with Crippen molar-refractivity contribution < 1.29 is 9.90 Å². The molecule has 1 fully saturated rings. The molecule has 3 N–H and O–H groups in total. The lowest BCUT2D eigenvalue weighted by atomic mass is 10.0. The summed E-state index contributed by atoms with van der Waals surface area (Å²) in [6, 6.07) is -0.664. The third-order valence-corrected chi connectivity index (χ3v) is 9.32. The Balaban J connectivity index is 2.94. The van der Waals surface area contributed by atoms with Gasteiger partial charge >= 0.3 is 0 Å². The molecule has 4 nitrogen and oxygen atoms in total. The number of carbonyl (C=O) groups excluding carboxylic acids is 1. The van der Waals surface area contributed by atoms with Crippen LogP contribution in [0.25, 0.3) is 0 Å². The van der Waals surface area contributed by atoms with Crippen LogP contribution in [0.5, 0.6) is 0 Å². The van der Waals surface area contributed by atoms with E-state index in [2.05, 4.69) is 33.9 Å². The Labute approximate surface area is 92.5 Å². The van der Waals surface area contributed by atoms with Gasteiger partial charge in [0, 0.05) is 0 Å². The number of nitrogens with zero attached hydrogens (tertiary/aromatic N) is 1. The molecule has 0 aromatic heterocycles. The van der Waals surface area contributed by atoms with Gasteiger partial charge < -0.3 is 15.4 Å². The van der Waals surface area contributed by atoms with Crippen molar-refractivity contribution in [2.24, 2.45) is 5.73 Å². The number of rotatable bonds is 2. The first-order valence-corrected chi connectivity index (χ1v) is 8.29. The summed E-state index contributed by atoms with van der Waals surface area (Å²) in [7, 11) is -1.87. The van der Waals surface area contributed by atoms with Gasteiger partial charge in [0.2, 0.25) is 5.91 Å². The maximum atomic E-state index is 11.7. The lowest BCUT2D eigenvalue weighted by Gasteiger charge is -2.57. The second-order valence-electron chi connectivity index (χ2n) is 5.79. The molecule has 2 atom stereocenters. The van der Waals surface area contributed by atoms with Crippen LogP contribution >= 0.6 is 0 Å². The fourth-order valence-electron chi connectivity index (χ4n) is 1.81. The zero-order chi connectivity index (χ0) is 12.0. The van der Waals surface area contributed by atoms with Crippen molar-refractivity contribution in [2.75, 3.05) is 6.61 Å².